The fourth-order valence-corrected chi connectivity index (χ4v) is 3.48. The lowest BCUT2D eigenvalue weighted by Gasteiger charge is -2.09. The van der Waals surface area contributed by atoms with Crippen LogP contribution >= 0.6 is 0 Å². The van der Waals surface area contributed by atoms with Crippen LogP contribution in [0.3, 0.4) is 0 Å². The molecule has 0 aliphatic carbocycles. The maximum absolute atomic E-state index is 13.0. The molecular formula is C20H17FN4O4S. The van der Waals surface area contributed by atoms with Crippen LogP contribution in [0.5, 0.6) is 0 Å². The van der Waals surface area contributed by atoms with Gasteiger partial charge in [0.25, 0.3) is 15.9 Å². The number of aromatic nitrogens is 1. The minimum Gasteiger partial charge on any atom is -0.343 e. The minimum atomic E-state index is -3.89. The lowest BCUT2D eigenvalue weighted by molar-refractivity contribution is -0.115. The largest absolute Gasteiger partial charge is 0.343 e. The topological polar surface area (TPSA) is 117 Å². The molecule has 0 fully saturated rings. The first-order chi connectivity index (χ1) is 14.3. The molecule has 2 amide bonds. The maximum atomic E-state index is 13.0. The Balaban J connectivity index is 1.56. The van der Waals surface area contributed by atoms with Gasteiger partial charge in [-0.25, -0.2) is 12.8 Å². The molecule has 0 radical (unpaired) electrons. The van der Waals surface area contributed by atoms with Gasteiger partial charge in [-0.1, -0.05) is 0 Å². The zero-order valence-corrected chi connectivity index (χ0v) is 16.3. The van der Waals surface area contributed by atoms with Crippen molar-refractivity contribution >= 4 is 33.2 Å². The number of hydrogen-bond donors (Lipinski definition) is 3. The second-order valence-electron chi connectivity index (χ2n) is 6.11. The van der Waals surface area contributed by atoms with E-state index in [-0.39, 0.29) is 22.7 Å². The molecule has 0 saturated heterocycles. The van der Waals surface area contributed by atoms with Crippen molar-refractivity contribution in [3.8, 4) is 0 Å². The van der Waals surface area contributed by atoms with Crippen LogP contribution in [-0.4, -0.2) is 31.8 Å². The van der Waals surface area contributed by atoms with Crippen molar-refractivity contribution in [2.75, 3.05) is 16.6 Å². The van der Waals surface area contributed by atoms with Gasteiger partial charge in [-0.3, -0.25) is 19.3 Å². The molecule has 10 heteroatoms. The normalized spacial score (nSPS) is 10.8. The van der Waals surface area contributed by atoms with Crippen molar-refractivity contribution in [2.45, 2.75) is 4.90 Å². The van der Waals surface area contributed by atoms with E-state index in [9.17, 15) is 22.4 Å². The molecule has 0 spiro atoms. The Hall–Kier alpha value is -3.79. The van der Waals surface area contributed by atoms with Crippen LogP contribution < -0.4 is 15.4 Å². The number of amides is 2. The first-order valence-corrected chi connectivity index (χ1v) is 10.2. The van der Waals surface area contributed by atoms with Gasteiger partial charge in [0.05, 0.1) is 23.3 Å². The summed E-state index contributed by atoms with van der Waals surface area (Å²) in [6.07, 6.45) is 3.05. The number of carbonyl (C=O) groups excluding carboxylic acids is 2. The first-order valence-electron chi connectivity index (χ1n) is 8.70. The predicted molar refractivity (Wildman–Crippen MR) is 109 cm³/mol. The highest BCUT2D eigenvalue weighted by atomic mass is 32.2. The van der Waals surface area contributed by atoms with Gasteiger partial charge in [0.1, 0.15) is 5.82 Å². The minimum absolute atomic E-state index is 0.0923. The van der Waals surface area contributed by atoms with E-state index in [1.165, 1.54) is 30.5 Å². The third kappa shape index (κ3) is 5.61. The van der Waals surface area contributed by atoms with Crippen LogP contribution in [0.15, 0.2) is 78.0 Å². The van der Waals surface area contributed by atoms with E-state index >= 15 is 0 Å². The Kier molecular flexibility index (Phi) is 6.38. The summed E-state index contributed by atoms with van der Waals surface area (Å²) in [5.74, 6) is -1.46. The summed E-state index contributed by atoms with van der Waals surface area (Å²) in [7, 11) is -3.89. The Morgan fingerprint density at radius 1 is 0.933 bits per heavy atom. The molecule has 3 aromatic rings. The fraction of sp³-hybridized carbons (Fsp3) is 0.0500. The molecular weight excluding hydrogens is 411 g/mol. The van der Waals surface area contributed by atoms with E-state index in [4.69, 9.17) is 0 Å². The summed E-state index contributed by atoms with van der Waals surface area (Å²) >= 11 is 0. The second kappa shape index (κ2) is 9.14. The Bertz CT molecular complexity index is 1140. The fourth-order valence-electron chi connectivity index (χ4n) is 2.42. The summed E-state index contributed by atoms with van der Waals surface area (Å²) in [5, 5.41) is 5.06. The molecule has 2 aromatic carbocycles. The van der Waals surface area contributed by atoms with Crippen molar-refractivity contribution in [1.82, 2.24) is 10.3 Å². The van der Waals surface area contributed by atoms with Crippen LogP contribution in [-0.2, 0) is 14.8 Å². The van der Waals surface area contributed by atoms with Crippen molar-refractivity contribution in [2.24, 2.45) is 0 Å². The molecule has 3 N–H and O–H groups in total. The Labute approximate surface area is 172 Å². The van der Waals surface area contributed by atoms with E-state index in [0.29, 0.717) is 5.69 Å². The van der Waals surface area contributed by atoms with Crippen LogP contribution in [0.25, 0.3) is 0 Å². The lowest BCUT2D eigenvalue weighted by Crippen LogP contribution is -2.32. The van der Waals surface area contributed by atoms with Gasteiger partial charge in [0.15, 0.2) is 0 Å². The maximum Gasteiger partial charge on any atom is 0.261 e. The third-order valence-corrected chi connectivity index (χ3v) is 5.28. The van der Waals surface area contributed by atoms with Crippen molar-refractivity contribution in [1.29, 1.82) is 0 Å². The van der Waals surface area contributed by atoms with Crippen molar-refractivity contribution in [3.05, 3.63) is 84.4 Å². The van der Waals surface area contributed by atoms with Gasteiger partial charge >= 0.3 is 0 Å². The molecule has 154 valence electrons. The molecule has 0 aliphatic rings. The zero-order valence-electron chi connectivity index (χ0n) is 15.5. The smallest absolute Gasteiger partial charge is 0.261 e. The lowest BCUT2D eigenvalue weighted by atomic mass is 10.2. The van der Waals surface area contributed by atoms with Crippen LogP contribution in [0, 0.1) is 5.82 Å². The number of anilines is 2. The number of nitrogens with zero attached hydrogens (tertiary/aromatic N) is 1. The summed E-state index contributed by atoms with van der Waals surface area (Å²) < 4.78 is 39.9. The highest BCUT2D eigenvalue weighted by molar-refractivity contribution is 7.92. The van der Waals surface area contributed by atoms with E-state index in [2.05, 4.69) is 20.3 Å². The third-order valence-electron chi connectivity index (χ3n) is 3.88. The van der Waals surface area contributed by atoms with E-state index in [0.717, 1.165) is 24.3 Å². The molecule has 0 unspecified atom stereocenters. The van der Waals surface area contributed by atoms with Crippen LogP contribution in [0.2, 0.25) is 0 Å². The highest BCUT2D eigenvalue weighted by Gasteiger charge is 2.15. The molecule has 0 aliphatic heterocycles. The number of carbonyl (C=O) groups is 2. The molecule has 1 heterocycles. The summed E-state index contributed by atoms with van der Waals surface area (Å²) in [6, 6.07) is 13.4. The standard InChI is InChI=1S/C20H17FN4O4S/c21-15-5-9-18(10-6-15)30(28,29)25-16-7-3-14(4-8-16)20(27)23-13-19(26)24-17-2-1-11-22-12-17/h1-12,25H,13H2,(H,23,27)(H,24,26). The quantitative estimate of drug-likeness (QED) is 0.534. The van der Waals surface area contributed by atoms with Gasteiger partial charge in [-0.2, -0.15) is 0 Å². The van der Waals surface area contributed by atoms with E-state index in [1.54, 1.807) is 18.3 Å². The average Bonchev–Trinajstić information content (AvgIpc) is 2.73. The molecule has 0 atom stereocenters. The second-order valence-corrected chi connectivity index (χ2v) is 7.79. The zero-order chi connectivity index (χ0) is 21.6. The number of hydrogen-bond acceptors (Lipinski definition) is 5. The molecule has 0 bridgehead atoms. The van der Waals surface area contributed by atoms with Gasteiger partial charge < -0.3 is 10.6 Å². The monoisotopic (exact) mass is 428 g/mol. The van der Waals surface area contributed by atoms with Gasteiger partial charge in [0.2, 0.25) is 5.91 Å². The van der Waals surface area contributed by atoms with Crippen molar-refractivity contribution in [3.63, 3.8) is 0 Å². The number of sulfonamides is 1. The number of pyridine rings is 1. The van der Waals surface area contributed by atoms with Gasteiger partial charge in [-0.05, 0) is 60.7 Å². The molecule has 0 saturated carbocycles. The molecule has 3 rings (SSSR count). The van der Waals surface area contributed by atoms with E-state index < -0.39 is 27.7 Å². The first kappa shape index (κ1) is 20.9. The van der Waals surface area contributed by atoms with Crippen molar-refractivity contribution < 1.29 is 22.4 Å². The Morgan fingerprint density at radius 3 is 2.27 bits per heavy atom. The summed E-state index contributed by atoms with van der Waals surface area (Å²) in [4.78, 5) is 27.8. The summed E-state index contributed by atoms with van der Waals surface area (Å²) in [6.45, 7) is -0.243. The van der Waals surface area contributed by atoms with E-state index in [1.807, 2.05) is 0 Å². The molecule has 1 aromatic heterocycles. The Morgan fingerprint density at radius 2 is 1.63 bits per heavy atom. The molecule has 8 nitrogen and oxygen atoms in total. The predicted octanol–water partition coefficient (Wildman–Crippen LogP) is 2.39. The highest BCUT2D eigenvalue weighted by Crippen LogP contribution is 2.17. The molecule has 30 heavy (non-hydrogen) atoms. The van der Waals surface area contributed by atoms with Crippen LogP contribution in [0.4, 0.5) is 15.8 Å². The van der Waals surface area contributed by atoms with Gasteiger partial charge in [0, 0.05) is 17.4 Å². The number of benzene rings is 2. The van der Waals surface area contributed by atoms with Crippen LogP contribution in [0.1, 0.15) is 10.4 Å². The SMILES string of the molecule is O=C(CNC(=O)c1ccc(NS(=O)(=O)c2ccc(F)cc2)cc1)Nc1cccnc1. The van der Waals surface area contributed by atoms with Gasteiger partial charge in [-0.15, -0.1) is 0 Å². The average molecular weight is 428 g/mol. The number of halogens is 1. The number of nitrogens with one attached hydrogen (secondary N) is 3. The number of rotatable bonds is 7. The summed E-state index contributed by atoms with van der Waals surface area (Å²) in [5.41, 5.74) is 0.980.